The molecule has 1 aliphatic rings. The first-order chi connectivity index (χ1) is 16.0. The summed E-state index contributed by atoms with van der Waals surface area (Å²) in [6.07, 6.45) is -1.17. The van der Waals surface area contributed by atoms with Gasteiger partial charge in [0.25, 0.3) is 6.23 Å². The summed E-state index contributed by atoms with van der Waals surface area (Å²) in [7, 11) is 1.57. The standard InChI is InChI=1S/C25H24BrNO6/c1-4-31-24(28)22-21-19-12-7-16(26)14-15(19)6-13-20(21)33-23(25(29)32-5-2)27(22)17-8-10-18(30-3)11-9-17/h6-14,22-23H,4-5H2,1-3H3/t22?,23-/m0/s1. The summed E-state index contributed by atoms with van der Waals surface area (Å²) < 4.78 is 23.1. The fourth-order valence-corrected chi connectivity index (χ4v) is 4.39. The molecule has 3 aromatic carbocycles. The number of hydrogen-bond donors (Lipinski definition) is 0. The van der Waals surface area contributed by atoms with E-state index in [1.165, 1.54) is 0 Å². The fraction of sp³-hybridized carbons (Fsp3) is 0.280. The number of carbonyl (C=O) groups excluding carboxylic acids is 2. The molecule has 1 aliphatic heterocycles. The van der Waals surface area contributed by atoms with E-state index in [2.05, 4.69) is 15.9 Å². The van der Waals surface area contributed by atoms with E-state index in [-0.39, 0.29) is 13.2 Å². The Balaban J connectivity index is 1.96. The third-order valence-electron chi connectivity index (χ3n) is 5.40. The SMILES string of the molecule is CCOC(=O)C1c2c(ccc3cc(Br)ccc23)O[C@@H](C(=O)OCC)N1c1ccc(OC)cc1. The second kappa shape index (κ2) is 9.70. The number of carbonyl (C=O) groups is 2. The summed E-state index contributed by atoms with van der Waals surface area (Å²) in [4.78, 5) is 28.0. The fourth-order valence-electron chi connectivity index (χ4n) is 4.01. The van der Waals surface area contributed by atoms with E-state index in [1.54, 1.807) is 56.2 Å². The number of halogens is 1. The molecule has 33 heavy (non-hydrogen) atoms. The molecule has 0 radical (unpaired) electrons. The number of nitrogens with zero attached hydrogens (tertiary/aromatic N) is 1. The molecule has 2 atom stereocenters. The van der Waals surface area contributed by atoms with Gasteiger partial charge in [0.15, 0.2) is 6.04 Å². The molecule has 0 fully saturated rings. The molecule has 0 aromatic heterocycles. The Morgan fingerprint density at radius 3 is 2.33 bits per heavy atom. The van der Waals surface area contributed by atoms with Crippen LogP contribution in [-0.4, -0.2) is 38.5 Å². The molecule has 1 unspecified atom stereocenters. The lowest BCUT2D eigenvalue weighted by molar-refractivity contribution is -0.154. The minimum Gasteiger partial charge on any atom is -0.497 e. The van der Waals surface area contributed by atoms with E-state index >= 15 is 0 Å². The van der Waals surface area contributed by atoms with Crippen LogP contribution >= 0.6 is 15.9 Å². The highest BCUT2D eigenvalue weighted by molar-refractivity contribution is 9.10. The van der Waals surface area contributed by atoms with Gasteiger partial charge in [0.1, 0.15) is 11.5 Å². The minimum absolute atomic E-state index is 0.178. The topological polar surface area (TPSA) is 74.3 Å². The monoisotopic (exact) mass is 513 g/mol. The van der Waals surface area contributed by atoms with Gasteiger partial charge in [-0.15, -0.1) is 0 Å². The number of methoxy groups -OCH3 is 1. The molecule has 0 aliphatic carbocycles. The molecule has 172 valence electrons. The van der Waals surface area contributed by atoms with Gasteiger partial charge in [0.05, 0.1) is 20.3 Å². The number of hydrogen-bond acceptors (Lipinski definition) is 7. The highest BCUT2D eigenvalue weighted by Crippen LogP contribution is 2.45. The molecule has 0 saturated heterocycles. The molecule has 8 heteroatoms. The first-order valence-corrected chi connectivity index (χ1v) is 11.4. The van der Waals surface area contributed by atoms with Gasteiger partial charge in [-0.3, -0.25) is 0 Å². The molecule has 7 nitrogen and oxygen atoms in total. The van der Waals surface area contributed by atoms with Crippen LogP contribution in [0.5, 0.6) is 11.5 Å². The molecule has 0 saturated carbocycles. The molecule has 0 spiro atoms. The largest absolute Gasteiger partial charge is 0.497 e. The van der Waals surface area contributed by atoms with Gasteiger partial charge in [-0.05, 0) is 67.1 Å². The summed E-state index contributed by atoms with van der Waals surface area (Å²) in [5.74, 6) is 0.00481. The van der Waals surface area contributed by atoms with Crippen LogP contribution < -0.4 is 14.4 Å². The zero-order valence-electron chi connectivity index (χ0n) is 18.5. The first kappa shape index (κ1) is 22.9. The zero-order valence-corrected chi connectivity index (χ0v) is 20.1. The van der Waals surface area contributed by atoms with Gasteiger partial charge in [0.2, 0.25) is 0 Å². The summed E-state index contributed by atoms with van der Waals surface area (Å²) in [6.45, 7) is 3.85. The average molecular weight is 514 g/mol. The second-order valence-electron chi connectivity index (χ2n) is 7.32. The third-order valence-corrected chi connectivity index (χ3v) is 5.89. The predicted octanol–water partition coefficient (Wildman–Crippen LogP) is 5.00. The van der Waals surface area contributed by atoms with Gasteiger partial charge in [-0.2, -0.15) is 0 Å². The van der Waals surface area contributed by atoms with Crippen LogP contribution in [0.3, 0.4) is 0 Å². The maximum Gasteiger partial charge on any atom is 0.369 e. The van der Waals surface area contributed by atoms with E-state index in [9.17, 15) is 9.59 Å². The van der Waals surface area contributed by atoms with Gasteiger partial charge in [-0.1, -0.05) is 28.1 Å². The number of benzene rings is 3. The summed E-state index contributed by atoms with van der Waals surface area (Å²) >= 11 is 3.50. The van der Waals surface area contributed by atoms with Crippen molar-refractivity contribution in [1.82, 2.24) is 0 Å². The summed E-state index contributed by atoms with van der Waals surface area (Å²) in [5.41, 5.74) is 1.22. The van der Waals surface area contributed by atoms with E-state index in [0.29, 0.717) is 22.7 Å². The van der Waals surface area contributed by atoms with Crippen LogP contribution in [0.25, 0.3) is 10.8 Å². The maximum absolute atomic E-state index is 13.4. The predicted molar refractivity (Wildman–Crippen MR) is 128 cm³/mol. The lowest BCUT2D eigenvalue weighted by Gasteiger charge is -2.42. The van der Waals surface area contributed by atoms with Crippen LogP contribution in [-0.2, 0) is 19.1 Å². The van der Waals surface area contributed by atoms with Crippen molar-refractivity contribution in [1.29, 1.82) is 0 Å². The molecular formula is C25H24BrNO6. The zero-order chi connectivity index (χ0) is 23.5. The van der Waals surface area contributed by atoms with Crippen molar-refractivity contribution in [2.75, 3.05) is 25.2 Å². The second-order valence-corrected chi connectivity index (χ2v) is 8.24. The van der Waals surface area contributed by atoms with Gasteiger partial charge in [-0.25, -0.2) is 9.59 Å². The number of ether oxygens (including phenoxy) is 4. The molecule has 0 bridgehead atoms. The van der Waals surface area contributed by atoms with E-state index in [1.807, 2.05) is 24.3 Å². The smallest absolute Gasteiger partial charge is 0.369 e. The molecule has 4 rings (SSSR count). The molecule has 3 aromatic rings. The van der Waals surface area contributed by atoms with Crippen molar-refractivity contribution in [2.24, 2.45) is 0 Å². The Hall–Kier alpha value is -3.26. The highest BCUT2D eigenvalue weighted by atomic mass is 79.9. The van der Waals surface area contributed by atoms with Gasteiger partial charge < -0.3 is 23.8 Å². The van der Waals surface area contributed by atoms with Crippen molar-refractivity contribution in [2.45, 2.75) is 26.1 Å². The lowest BCUT2D eigenvalue weighted by atomic mass is 9.94. The molecule has 0 N–H and O–H groups in total. The van der Waals surface area contributed by atoms with E-state index < -0.39 is 24.2 Å². The van der Waals surface area contributed by atoms with Crippen LogP contribution in [0.2, 0.25) is 0 Å². The first-order valence-electron chi connectivity index (χ1n) is 10.6. The van der Waals surface area contributed by atoms with Crippen molar-refractivity contribution in [3.63, 3.8) is 0 Å². The quantitative estimate of drug-likeness (QED) is 0.429. The Bertz CT molecular complexity index is 1180. The van der Waals surface area contributed by atoms with E-state index in [0.717, 1.165) is 15.2 Å². The van der Waals surface area contributed by atoms with Crippen molar-refractivity contribution in [3.05, 3.63) is 64.6 Å². The van der Waals surface area contributed by atoms with Crippen LogP contribution in [0.4, 0.5) is 5.69 Å². The number of esters is 2. The Kier molecular flexibility index (Phi) is 6.74. The van der Waals surface area contributed by atoms with Crippen LogP contribution in [0.1, 0.15) is 25.5 Å². The summed E-state index contributed by atoms with van der Waals surface area (Å²) in [5, 5.41) is 1.75. The summed E-state index contributed by atoms with van der Waals surface area (Å²) in [6, 6.07) is 15.6. The van der Waals surface area contributed by atoms with Gasteiger partial charge >= 0.3 is 11.9 Å². The van der Waals surface area contributed by atoms with Crippen molar-refractivity contribution in [3.8, 4) is 11.5 Å². The highest BCUT2D eigenvalue weighted by Gasteiger charge is 2.46. The normalized spacial score (nSPS) is 17.2. The minimum atomic E-state index is -1.17. The molecule has 1 heterocycles. The number of anilines is 1. The Labute approximate surface area is 200 Å². The van der Waals surface area contributed by atoms with Crippen LogP contribution in [0, 0.1) is 0 Å². The van der Waals surface area contributed by atoms with Crippen LogP contribution in [0.15, 0.2) is 59.1 Å². The van der Waals surface area contributed by atoms with Crippen molar-refractivity contribution < 1.29 is 28.5 Å². The van der Waals surface area contributed by atoms with Gasteiger partial charge in [0, 0.05) is 15.7 Å². The lowest BCUT2D eigenvalue weighted by Crippen LogP contribution is -2.53. The number of rotatable bonds is 6. The maximum atomic E-state index is 13.4. The Morgan fingerprint density at radius 1 is 0.970 bits per heavy atom. The molecular weight excluding hydrogens is 490 g/mol. The van der Waals surface area contributed by atoms with Crippen molar-refractivity contribution >= 4 is 44.3 Å². The third kappa shape index (κ3) is 4.35. The number of fused-ring (bicyclic) bond motifs is 3. The van der Waals surface area contributed by atoms with E-state index in [4.69, 9.17) is 18.9 Å². The average Bonchev–Trinajstić information content (AvgIpc) is 2.82. The molecule has 0 amide bonds. The Morgan fingerprint density at radius 2 is 1.67 bits per heavy atom.